The molecule has 0 amide bonds. The zero-order valence-corrected chi connectivity index (χ0v) is 9.50. The number of nitrogens with zero attached hydrogens (tertiary/aromatic N) is 1. The van der Waals surface area contributed by atoms with Crippen molar-refractivity contribution >= 4 is 11.7 Å². The van der Waals surface area contributed by atoms with Crippen LogP contribution in [0.5, 0.6) is 0 Å². The molecule has 98 valence electrons. The van der Waals surface area contributed by atoms with Gasteiger partial charge in [-0.05, 0) is 31.0 Å². The number of carboxylic acid groups (broad SMARTS) is 1. The molecule has 1 saturated heterocycles. The lowest BCUT2D eigenvalue weighted by atomic mass is 10.1. The minimum atomic E-state index is -4.45. The number of aromatic carboxylic acids is 1. The second-order valence-electron chi connectivity index (χ2n) is 4.23. The van der Waals surface area contributed by atoms with Crippen molar-refractivity contribution in [3.8, 4) is 0 Å². The molecule has 1 aliphatic heterocycles. The van der Waals surface area contributed by atoms with Crippen molar-refractivity contribution in [2.45, 2.75) is 19.0 Å². The van der Waals surface area contributed by atoms with Gasteiger partial charge in [-0.3, -0.25) is 0 Å². The maximum Gasteiger partial charge on any atom is 0.416 e. The van der Waals surface area contributed by atoms with Gasteiger partial charge in [0.05, 0.1) is 16.8 Å². The number of rotatable bonds is 2. The summed E-state index contributed by atoms with van der Waals surface area (Å²) < 4.78 is 37.9. The van der Waals surface area contributed by atoms with Gasteiger partial charge >= 0.3 is 12.1 Å². The average molecular weight is 259 g/mol. The van der Waals surface area contributed by atoms with E-state index in [1.807, 2.05) is 0 Å². The zero-order chi connectivity index (χ0) is 13.3. The third-order valence-corrected chi connectivity index (χ3v) is 3.00. The molecule has 0 saturated carbocycles. The second kappa shape index (κ2) is 4.51. The van der Waals surface area contributed by atoms with Crippen LogP contribution < -0.4 is 4.90 Å². The topological polar surface area (TPSA) is 40.5 Å². The number of carbonyl (C=O) groups is 1. The normalized spacial score (nSPS) is 16.1. The molecule has 18 heavy (non-hydrogen) atoms. The quantitative estimate of drug-likeness (QED) is 0.887. The molecule has 1 heterocycles. The van der Waals surface area contributed by atoms with Crippen LogP contribution in [0.15, 0.2) is 18.2 Å². The van der Waals surface area contributed by atoms with Gasteiger partial charge in [0.1, 0.15) is 0 Å². The standard InChI is InChI=1S/C12H12F3NO2/c13-12(14,15)8-3-4-9(11(17)18)10(7-8)16-5-1-2-6-16/h3-4,7H,1-2,5-6H2,(H,17,18). The second-order valence-corrected chi connectivity index (χ2v) is 4.23. The van der Waals surface area contributed by atoms with Crippen molar-refractivity contribution in [2.75, 3.05) is 18.0 Å². The largest absolute Gasteiger partial charge is 0.478 e. The van der Waals surface area contributed by atoms with Gasteiger partial charge in [0, 0.05) is 13.1 Å². The molecule has 0 aliphatic carbocycles. The van der Waals surface area contributed by atoms with Crippen LogP contribution in [0.1, 0.15) is 28.8 Å². The van der Waals surface area contributed by atoms with Gasteiger partial charge in [0.2, 0.25) is 0 Å². The summed E-state index contributed by atoms with van der Waals surface area (Å²) in [5, 5.41) is 9.01. The van der Waals surface area contributed by atoms with E-state index < -0.39 is 17.7 Å². The highest BCUT2D eigenvalue weighted by Crippen LogP contribution is 2.34. The van der Waals surface area contributed by atoms with E-state index in [9.17, 15) is 18.0 Å². The van der Waals surface area contributed by atoms with Crippen LogP contribution in [0.2, 0.25) is 0 Å². The van der Waals surface area contributed by atoms with Gasteiger partial charge < -0.3 is 10.0 Å². The highest BCUT2D eigenvalue weighted by atomic mass is 19.4. The summed E-state index contributed by atoms with van der Waals surface area (Å²) in [6.45, 7) is 1.20. The Morgan fingerprint density at radius 1 is 1.22 bits per heavy atom. The first-order valence-electron chi connectivity index (χ1n) is 5.59. The lowest BCUT2D eigenvalue weighted by Crippen LogP contribution is -2.21. The summed E-state index contributed by atoms with van der Waals surface area (Å²) in [6.07, 6.45) is -2.71. The van der Waals surface area contributed by atoms with E-state index in [4.69, 9.17) is 5.11 Å². The first-order chi connectivity index (χ1) is 8.39. The Labute approximate surface area is 102 Å². The zero-order valence-electron chi connectivity index (χ0n) is 9.50. The maximum atomic E-state index is 12.6. The molecule has 0 atom stereocenters. The van der Waals surface area contributed by atoms with Crippen LogP contribution in [-0.4, -0.2) is 24.2 Å². The molecule has 3 nitrogen and oxygen atoms in total. The van der Waals surface area contributed by atoms with E-state index in [0.29, 0.717) is 13.1 Å². The number of hydrogen-bond acceptors (Lipinski definition) is 2. The molecular weight excluding hydrogens is 247 g/mol. The van der Waals surface area contributed by atoms with Crippen LogP contribution in [0.25, 0.3) is 0 Å². The smallest absolute Gasteiger partial charge is 0.416 e. The van der Waals surface area contributed by atoms with Gasteiger partial charge in [-0.2, -0.15) is 13.2 Å². The minimum absolute atomic E-state index is 0.0788. The highest BCUT2D eigenvalue weighted by molar-refractivity contribution is 5.94. The first kappa shape index (κ1) is 12.7. The molecule has 0 radical (unpaired) electrons. The molecule has 0 spiro atoms. The average Bonchev–Trinajstić information content (AvgIpc) is 2.80. The Bertz CT molecular complexity index is 465. The molecule has 0 unspecified atom stereocenters. The fourth-order valence-electron chi connectivity index (χ4n) is 2.11. The van der Waals surface area contributed by atoms with Crippen LogP contribution in [0.4, 0.5) is 18.9 Å². The van der Waals surface area contributed by atoms with E-state index >= 15 is 0 Å². The fourth-order valence-corrected chi connectivity index (χ4v) is 2.11. The van der Waals surface area contributed by atoms with Crippen LogP contribution in [0, 0.1) is 0 Å². The van der Waals surface area contributed by atoms with Gasteiger partial charge in [-0.25, -0.2) is 4.79 Å². The number of anilines is 1. The Morgan fingerprint density at radius 3 is 2.33 bits per heavy atom. The first-order valence-corrected chi connectivity index (χ1v) is 5.59. The van der Waals surface area contributed by atoms with Crippen LogP contribution >= 0.6 is 0 Å². The third kappa shape index (κ3) is 2.42. The van der Waals surface area contributed by atoms with Gasteiger partial charge in [0.25, 0.3) is 0 Å². The van der Waals surface area contributed by atoms with Gasteiger partial charge in [0.15, 0.2) is 0 Å². The SMILES string of the molecule is O=C(O)c1ccc(C(F)(F)F)cc1N1CCCC1. The van der Waals surface area contributed by atoms with Crippen molar-refractivity contribution in [1.29, 1.82) is 0 Å². The lowest BCUT2D eigenvalue weighted by Gasteiger charge is -2.21. The molecule has 0 aromatic heterocycles. The Hall–Kier alpha value is -1.72. The van der Waals surface area contributed by atoms with Crippen LogP contribution in [-0.2, 0) is 6.18 Å². The molecule has 2 rings (SSSR count). The number of carboxylic acids is 1. The summed E-state index contributed by atoms with van der Waals surface area (Å²) in [7, 11) is 0. The summed E-state index contributed by atoms with van der Waals surface area (Å²) in [6, 6.07) is 2.76. The molecule has 1 aromatic rings. The minimum Gasteiger partial charge on any atom is -0.478 e. The van der Waals surface area contributed by atoms with Crippen LogP contribution in [0.3, 0.4) is 0 Å². The van der Waals surface area contributed by atoms with Crippen molar-refractivity contribution in [3.05, 3.63) is 29.3 Å². The number of alkyl halides is 3. The number of halogens is 3. The number of hydrogen-bond donors (Lipinski definition) is 1. The molecule has 1 aromatic carbocycles. The summed E-state index contributed by atoms with van der Waals surface area (Å²) in [5.74, 6) is -1.20. The van der Waals surface area contributed by atoms with E-state index in [2.05, 4.69) is 0 Å². The van der Waals surface area contributed by atoms with E-state index in [-0.39, 0.29) is 11.3 Å². The fraction of sp³-hybridized carbons (Fsp3) is 0.417. The highest BCUT2D eigenvalue weighted by Gasteiger charge is 2.32. The molecule has 0 bridgehead atoms. The van der Waals surface area contributed by atoms with Crippen molar-refractivity contribution in [2.24, 2.45) is 0 Å². The predicted molar refractivity (Wildman–Crippen MR) is 59.9 cm³/mol. The Kier molecular flexibility index (Phi) is 3.19. The van der Waals surface area contributed by atoms with Crippen molar-refractivity contribution < 1.29 is 23.1 Å². The molecule has 1 fully saturated rings. The molecule has 1 N–H and O–H groups in total. The molecular formula is C12H12F3NO2. The lowest BCUT2D eigenvalue weighted by molar-refractivity contribution is -0.137. The Balaban J connectivity index is 2.47. The van der Waals surface area contributed by atoms with Crippen molar-refractivity contribution in [3.63, 3.8) is 0 Å². The van der Waals surface area contributed by atoms with E-state index in [1.165, 1.54) is 0 Å². The molecule has 6 heteroatoms. The summed E-state index contributed by atoms with van der Waals surface area (Å²) >= 11 is 0. The summed E-state index contributed by atoms with van der Waals surface area (Å²) in [5.41, 5.74) is -0.728. The monoisotopic (exact) mass is 259 g/mol. The third-order valence-electron chi connectivity index (χ3n) is 3.00. The predicted octanol–water partition coefficient (Wildman–Crippen LogP) is 3.00. The van der Waals surface area contributed by atoms with E-state index in [1.54, 1.807) is 4.90 Å². The van der Waals surface area contributed by atoms with Gasteiger partial charge in [-0.1, -0.05) is 0 Å². The van der Waals surface area contributed by atoms with Crippen molar-refractivity contribution in [1.82, 2.24) is 0 Å². The molecule has 1 aliphatic rings. The van der Waals surface area contributed by atoms with Gasteiger partial charge in [-0.15, -0.1) is 0 Å². The maximum absolute atomic E-state index is 12.6. The number of benzene rings is 1. The van der Waals surface area contributed by atoms with E-state index in [0.717, 1.165) is 31.0 Å². The summed E-state index contributed by atoms with van der Waals surface area (Å²) in [4.78, 5) is 12.7. The Morgan fingerprint density at radius 2 is 1.83 bits per heavy atom.